The van der Waals surface area contributed by atoms with Crippen molar-refractivity contribution < 1.29 is 4.79 Å². The number of amides is 1. The summed E-state index contributed by atoms with van der Waals surface area (Å²) in [6.07, 6.45) is 0.975. The molecular weight excluding hydrogens is 286 g/mol. The zero-order valence-electron chi connectivity index (χ0n) is 12.1. The van der Waals surface area contributed by atoms with Crippen molar-refractivity contribution in [3.63, 3.8) is 0 Å². The summed E-state index contributed by atoms with van der Waals surface area (Å²) in [4.78, 5) is 16.7. The summed E-state index contributed by atoms with van der Waals surface area (Å²) in [7, 11) is 0. The topological polar surface area (TPSA) is 54.0 Å². The van der Waals surface area contributed by atoms with Gasteiger partial charge in [0.05, 0.1) is 5.56 Å². The van der Waals surface area contributed by atoms with E-state index in [0.717, 1.165) is 24.3 Å². The first kappa shape index (κ1) is 15.3. The van der Waals surface area contributed by atoms with Crippen LogP contribution in [-0.2, 0) is 0 Å². The molecule has 1 heterocycles. The van der Waals surface area contributed by atoms with Gasteiger partial charge in [-0.25, -0.2) is 4.98 Å². The molecule has 0 radical (unpaired) electrons. The van der Waals surface area contributed by atoms with Crippen LogP contribution in [0, 0.1) is 6.92 Å². The predicted molar refractivity (Wildman–Crippen MR) is 87.2 cm³/mol. The van der Waals surface area contributed by atoms with Gasteiger partial charge < -0.3 is 10.6 Å². The minimum Gasteiger partial charge on any atom is -0.384 e. The van der Waals surface area contributed by atoms with Gasteiger partial charge in [-0.3, -0.25) is 4.79 Å². The van der Waals surface area contributed by atoms with Gasteiger partial charge in [0.15, 0.2) is 0 Å². The number of pyridine rings is 1. The van der Waals surface area contributed by atoms with E-state index in [0.29, 0.717) is 16.4 Å². The number of carbonyl (C=O) groups excluding carboxylic acids is 1. The number of carbonyl (C=O) groups is 1. The first-order chi connectivity index (χ1) is 10.1. The van der Waals surface area contributed by atoms with Crippen molar-refractivity contribution in [1.29, 1.82) is 0 Å². The Morgan fingerprint density at radius 1 is 1.29 bits per heavy atom. The molecule has 5 heteroatoms. The van der Waals surface area contributed by atoms with Crippen molar-refractivity contribution in [3.8, 4) is 0 Å². The molecule has 4 nitrogen and oxygen atoms in total. The maximum atomic E-state index is 12.4. The van der Waals surface area contributed by atoms with E-state index in [1.165, 1.54) is 0 Å². The van der Waals surface area contributed by atoms with E-state index in [-0.39, 0.29) is 5.91 Å². The van der Waals surface area contributed by atoms with Crippen LogP contribution in [0.1, 0.15) is 29.4 Å². The number of nitrogens with zero attached hydrogens (tertiary/aromatic N) is 1. The van der Waals surface area contributed by atoms with E-state index in [9.17, 15) is 4.79 Å². The fourth-order valence-corrected chi connectivity index (χ4v) is 2.09. The zero-order valence-corrected chi connectivity index (χ0v) is 12.9. The Hall–Kier alpha value is -2.07. The summed E-state index contributed by atoms with van der Waals surface area (Å²) in [5.41, 5.74) is 2.13. The number of benzene rings is 1. The first-order valence-corrected chi connectivity index (χ1v) is 7.26. The Morgan fingerprint density at radius 2 is 2.10 bits per heavy atom. The van der Waals surface area contributed by atoms with Crippen LogP contribution in [0.25, 0.3) is 0 Å². The fourth-order valence-electron chi connectivity index (χ4n) is 1.91. The molecule has 0 fully saturated rings. The molecule has 0 aliphatic rings. The third-order valence-electron chi connectivity index (χ3n) is 2.92. The van der Waals surface area contributed by atoms with Crippen molar-refractivity contribution in [2.45, 2.75) is 20.3 Å². The molecule has 0 saturated carbocycles. The summed E-state index contributed by atoms with van der Waals surface area (Å²) in [6, 6.07) is 10.7. The van der Waals surface area contributed by atoms with E-state index in [2.05, 4.69) is 22.5 Å². The highest BCUT2D eigenvalue weighted by molar-refractivity contribution is 6.31. The quantitative estimate of drug-likeness (QED) is 0.873. The van der Waals surface area contributed by atoms with Gasteiger partial charge in [0.2, 0.25) is 0 Å². The van der Waals surface area contributed by atoms with Crippen LogP contribution in [-0.4, -0.2) is 17.4 Å². The summed E-state index contributed by atoms with van der Waals surface area (Å²) in [5, 5.41) is 6.55. The van der Waals surface area contributed by atoms with E-state index >= 15 is 0 Å². The number of nitrogens with one attached hydrogen (secondary N) is 2. The Kier molecular flexibility index (Phi) is 5.17. The number of hydrogen-bond donors (Lipinski definition) is 2. The van der Waals surface area contributed by atoms with E-state index in [4.69, 9.17) is 11.6 Å². The predicted octanol–water partition coefficient (Wildman–Crippen LogP) is 4.12. The molecule has 2 rings (SSSR count). The van der Waals surface area contributed by atoms with Crippen LogP contribution in [0.2, 0.25) is 5.02 Å². The number of rotatable bonds is 5. The van der Waals surface area contributed by atoms with Gasteiger partial charge in [0, 0.05) is 22.9 Å². The maximum absolute atomic E-state index is 12.4. The van der Waals surface area contributed by atoms with Gasteiger partial charge in [-0.2, -0.15) is 0 Å². The molecule has 1 aromatic carbocycles. The van der Waals surface area contributed by atoms with Crippen molar-refractivity contribution in [1.82, 2.24) is 4.98 Å². The Labute approximate surface area is 129 Å². The second kappa shape index (κ2) is 7.09. The normalized spacial score (nSPS) is 10.2. The van der Waals surface area contributed by atoms with E-state index in [1.807, 2.05) is 25.1 Å². The molecule has 21 heavy (non-hydrogen) atoms. The maximum Gasteiger partial charge on any atom is 0.258 e. The molecule has 0 spiro atoms. The number of anilines is 2. The average molecular weight is 304 g/mol. The number of aromatic nitrogens is 1. The molecular formula is C16H18ClN3O. The molecule has 110 valence electrons. The first-order valence-electron chi connectivity index (χ1n) is 6.88. The van der Waals surface area contributed by atoms with Crippen LogP contribution in [0.15, 0.2) is 36.4 Å². The van der Waals surface area contributed by atoms with Crippen molar-refractivity contribution >= 4 is 29.0 Å². The largest absolute Gasteiger partial charge is 0.384 e. The lowest BCUT2D eigenvalue weighted by molar-refractivity contribution is 0.102. The Bertz CT molecular complexity index is 643. The van der Waals surface area contributed by atoms with Crippen molar-refractivity contribution in [3.05, 3.63) is 52.7 Å². The third-order valence-corrected chi connectivity index (χ3v) is 3.16. The summed E-state index contributed by atoms with van der Waals surface area (Å²) < 4.78 is 0. The van der Waals surface area contributed by atoms with Crippen LogP contribution in [0.5, 0.6) is 0 Å². The molecule has 1 amide bonds. The van der Waals surface area contributed by atoms with Crippen LogP contribution in [0.4, 0.5) is 11.5 Å². The second-order valence-corrected chi connectivity index (χ2v) is 5.17. The molecule has 0 unspecified atom stereocenters. The minimum absolute atomic E-state index is 0.228. The summed E-state index contributed by atoms with van der Waals surface area (Å²) in [6.45, 7) is 4.74. The van der Waals surface area contributed by atoms with Gasteiger partial charge in [-0.05, 0) is 43.7 Å². The monoisotopic (exact) mass is 303 g/mol. The highest BCUT2D eigenvalue weighted by Crippen LogP contribution is 2.22. The summed E-state index contributed by atoms with van der Waals surface area (Å²) in [5.74, 6) is 0.302. The molecule has 0 atom stereocenters. The van der Waals surface area contributed by atoms with Gasteiger partial charge >= 0.3 is 0 Å². The highest BCUT2D eigenvalue weighted by Gasteiger charge is 2.13. The summed E-state index contributed by atoms with van der Waals surface area (Å²) >= 11 is 6.00. The second-order valence-electron chi connectivity index (χ2n) is 4.74. The molecule has 0 aliphatic heterocycles. The average Bonchev–Trinajstić information content (AvgIpc) is 2.46. The minimum atomic E-state index is -0.228. The molecule has 1 aromatic heterocycles. The van der Waals surface area contributed by atoms with Crippen LogP contribution >= 0.6 is 11.6 Å². The van der Waals surface area contributed by atoms with Crippen molar-refractivity contribution in [2.75, 3.05) is 17.2 Å². The fraction of sp³-hybridized carbons (Fsp3) is 0.250. The van der Waals surface area contributed by atoms with Gasteiger partial charge in [-0.1, -0.05) is 24.6 Å². The molecule has 0 aliphatic carbocycles. The highest BCUT2D eigenvalue weighted by atomic mass is 35.5. The Morgan fingerprint density at radius 3 is 2.81 bits per heavy atom. The Balaban J connectivity index is 2.23. The lowest BCUT2D eigenvalue weighted by atomic mass is 10.1. The SMILES string of the molecule is CCCNc1ccc(Cl)cc1C(=O)Nc1cccc(C)n1. The third kappa shape index (κ3) is 4.20. The lowest BCUT2D eigenvalue weighted by Gasteiger charge is -2.12. The van der Waals surface area contributed by atoms with Crippen LogP contribution < -0.4 is 10.6 Å². The molecule has 2 aromatic rings. The van der Waals surface area contributed by atoms with Gasteiger partial charge in [0.1, 0.15) is 5.82 Å². The van der Waals surface area contributed by atoms with Crippen molar-refractivity contribution in [2.24, 2.45) is 0 Å². The number of hydrogen-bond acceptors (Lipinski definition) is 3. The smallest absolute Gasteiger partial charge is 0.258 e. The lowest BCUT2D eigenvalue weighted by Crippen LogP contribution is -2.16. The number of halogens is 1. The van der Waals surface area contributed by atoms with Crippen LogP contribution in [0.3, 0.4) is 0 Å². The molecule has 0 saturated heterocycles. The van der Waals surface area contributed by atoms with Gasteiger partial charge in [-0.15, -0.1) is 0 Å². The molecule has 0 bridgehead atoms. The number of aryl methyl sites for hydroxylation is 1. The molecule has 2 N–H and O–H groups in total. The zero-order chi connectivity index (χ0) is 15.2. The van der Waals surface area contributed by atoms with E-state index < -0.39 is 0 Å². The van der Waals surface area contributed by atoms with Gasteiger partial charge in [0.25, 0.3) is 5.91 Å². The standard InChI is InChI=1S/C16H18ClN3O/c1-3-9-18-14-8-7-12(17)10-13(14)16(21)20-15-6-4-5-11(2)19-15/h4-8,10,18H,3,9H2,1-2H3,(H,19,20,21). The van der Waals surface area contributed by atoms with E-state index in [1.54, 1.807) is 18.2 Å².